The zero-order valence-corrected chi connectivity index (χ0v) is 20.9. The van der Waals surface area contributed by atoms with Gasteiger partial charge in [-0.05, 0) is 44.2 Å². The molecule has 1 saturated heterocycles. The van der Waals surface area contributed by atoms with Gasteiger partial charge in [-0.1, -0.05) is 24.3 Å². The highest BCUT2D eigenvalue weighted by molar-refractivity contribution is 14.0. The van der Waals surface area contributed by atoms with Crippen molar-refractivity contribution in [1.82, 2.24) is 20.4 Å². The lowest BCUT2D eigenvalue weighted by atomic mass is 10.1. The first-order valence-corrected chi connectivity index (χ1v) is 11.0. The number of piperazine rings is 1. The summed E-state index contributed by atoms with van der Waals surface area (Å²) in [7, 11) is 2.20. The SMILES string of the molecule is CCNC(=NCc1ccc(CN2CCN(C)CC2)cc1)NCc1ccc(C)s1.I. The molecule has 2 N–H and O–H groups in total. The smallest absolute Gasteiger partial charge is 0.191 e. The van der Waals surface area contributed by atoms with E-state index >= 15 is 0 Å². The number of rotatable bonds is 7. The zero-order chi connectivity index (χ0) is 19.8. The van der Waals surface area contributed by atoms with Gasteiger partial charge < -0.3 is 15.5 Å². The minimum Gasteiger partial charge on any atom is -0.357 e. The number of aliphatic imine (C=N–C) groups is 1. The summed E-state index contributed by atoms with van der Waals surface area (Å²) in [4.78, 5) is 12.3. The number of nitrogens with zero attached hydrogens (tertiary/aromatic N) is 3. The Morgan fingerprint density at radius 1 is 1.00 bits per heavy atom. The van der Waals surface area contributed by atoms with Gasteiger partial charge in [-0.15, -0.1) is 35.3 Å². The second-order valence-electron chi connectivity index (χ2n) is 7.46. The summed E-state index contributed by atoms with van der Waals surface area (Å²) in [5, 5.41) is 6.76. The van der Waals surface area contributed by atoms with Crippen LogP contribution in [0.3, 0.4) is 0 Å². The molecule has 0 spiro atoms. The first kappa shape index (κ1) is 24.1. The highest BCUT2D eigenvalue weighted by Crippen LogP contribution is 2.14. The molecule has 7 heteroatoms. The molecule has 29 heavy (non-hydrogen) atoms. The average Bonchev–Trinajstić information content (AvgIpc) is 3.12. The first-order chi connectivity index (χ1) is 13.6. The predicted octanol–water partition coefficient (Wildman–Crippen LogP) is 3.68. The lowest BCUT2D eigenvalue weighted by Gasteiger charge is -2.32. The summed E-state index contributed by atoms with van der Waals surface area (Å²) in [5.74, 6) is 0.870. The number of guanidine groups is 1. The molecule has 0 aliphatic carbocycles. The molecule has 0 amide bonds. The van der Waals surface area contributed by atoms with Crippen molar-refractivity contribution in [2.45, 2.75) is 33.5 Å². The van der Waals surface area contributed by atoms with Crippen molar-refractivity contribution in [3.05, 3.63) is 57.3 Å². The second kappa shape index (κ2) is 12.5. The van der Waals surface area contributed by atoms with Gasteiger partial charge in [-0.3, -0.25) is 4.90 Å². The number of nitrogens with one attached hydrogen (secondary N) is 2. The maximum absolute atomic E-state index is 4.74. The van der Waals surface area contributed by atoms with E-state index in [1.54, 1.807) is 0 Å². The van der Waals surface area contributed by atoms with Crippen molar-refractivity contribution in [2.24, 2.45) is 4.99 Å². The Morgan fingerprint density at radius 2 is 1.69 bits per heavy atom. The lowest BCUT2D eigenvalue weighted by molar-refractivity contribution is 0.148. The normalized spacial score (nSPS) is 15.8. The van der Waals surface area contributed by atoms with E-state index in [0.29, 0.717) is 6.54 Å². The quantitative estimate of drug-likeness (QED) is 0.328. The number of halogens is 1. The number of hydrogen-bond acceptors (Lipinski definition) is 4. The summed E-state index contributed by atoms with van der Waals surface area (Å²) in [5.41, 5.74) is 2.63. The van der Waals surface area contributed by atoms with Gasteiger partial charge in [0, 0.05) is 49.0 Å². The largest absolute Gasteiger partial charge is 0.357 e. The molecule has 0 bridgehead atoms. The molecule has 0 atom stereocenters. The van der Waals surface area contributed by atoms with Crippen LogP contribution in [0.2, 0.25) is 0 Å². The summed E-state index contributed by atoms with van der Waals surface area (Å²) in [6.45, 7) is 12.3. The maximum Gasteiger partial charge on any atom is 0.191 e. The average molecular weight is 528 g/mol. The van der Waals surface area contributed by atoms with E-state index in [4.69, 9.17) is 4.99 Å². The summed E-state index contributed by atoms with van der Waals surface area (Å²) < 4.78 is 0. The van der Waals surface area contributed by atoms with E-state index in [9.17, 15) is 0 Å². The van der Waals surface area contributed by atoms with Gasteiger partial charge >= 0.3 is 0 Å². The Bertz CT molecular complexity index is 751. The number of aryl methyl sites for hydroxylation is 1. The molecule has 160 valence electrons. The molecular weight excluding hydrogens is 493 g/mol. The fourth-order valence-electron chi connectivity index (χ4n) is 3.28. The van der Waals surface area contributed by atoms with Crippen molar-refractivity contribution in [2.75, 3.05) is 39.8 Å². The van der Waals surface area contributed by atoms with Crippen molar-refractivity contribution in [3.63, 3.8) is 0 Å². The standard InChI is InChI=1S/C22H33N5S.HI/c1-4-23-22(25-16-21-10-5-18(2)28-21)24-15-19-6-8-20(9-7-19)17-27-13-11-26(3)12-14-27;/h5-10H,4,11-17H2,1-3H3,(H2,23,24,25);1H. The molecular formula is C22H34IN5S. The van der Waals surface area contributed by atoms with Crippen LogP contribution in [0, 0.1) is 6.92 Å². The van der Waals surface area contributed by atoms with E-state index in [1.807, 2.05) is 11.3 Å². The van der Waals surface area contributed by atoms with Gasteiger partial charge in [0.2, 0.25) is 0 Å². The van der Waals surface area contributed by atoms with E-state index in [0.717, 1.165) is 51.8 Å². The van der Waals surface area contributed by atoms with Gasteiger partial charge in [0.15, 0.2) is 5.96 Å². The van der Waals surface area contributed by atoms with Crippen LogP contribution in [0.15, 0.2) is 41.4 Å². The molecule has 0 radical (unpaired) electrons. The Hall–Kier alpha value is -1.16. The van der Waals surface area contributed by atoms with E-state index < -0.39 is 0 Å². The van der Waals surface area contributed by atoms with Crippen LogP contribution < -0.4 is 10.6 Å². The fourth-order valence-corrected chi connectivity index (χ4v) is 4.11. The topological polar surface area (TPSA) is 42.9 Å². The first-order valence-electron chi connectivity index (χ1n) is 10.2. The molecule has 1 fully saturated rings. The van der Waals surface area contributed by atoms with Gasteiger partial charge in [-0.25, -0.2) is 4.99 Å². The van der Waals surface area contributed by atoms with Crippen molar-refractivity contribution in [1.29, 1.82) is 0 Å². The number of hydrogen-bond donors (Lipinski definition) is 2. The summed E-state index contributed by atoms with van der Waals surface area (Å²) in [6.07, 6.45) is 0. The molecule has 1 aromatic heterocycles. The molecule has 0 unspecified atom stereocenters. The Morgan fingerprint density at radius 3 is 2.31 bits per heavy atom. The van der Waals surface area contributed by atoms with Gasteiger partial charge in [0.25, 0.3) is 0 Å². The third kappa shape index (κ3) is 8.24. The molecule has 2 heterocycles. The van der Waals surface area contributed by atoms with Crippen LogP contribution in [0.25, 0.3) is 0 Å². The molecule has 1 aliphatic rings. The number of benzene rings is 1. The Labute approximate surface area is 196 Å². The predicted molar refractivity (Wildman–Crippen MR) is 135 cm³/mol. The summed E-state index contributed by atoms with van der Waals surface area (Å²) >= 11 is 1.83. The number of likely N-dealkylation sites (N-methyl/N-ethyl adjacent to an activating group) is 1. The van der Waals surface area contributed by atoms with Crippen LogP contribution in [-0.2, 0) is 19.6 Å². The molecule has 3 rings (SSSR count). The van der Waals surface area contributed by atoms with Gasteiger partial charge in [0.05, 0.1) is 13.1 Å². The monoisotopic (exact) mass is 527 g/mol. The van der Waals surface area contributed by atoms with E-state index in [2.05, 4.69) is 77.7 Å². The van der Waals surface area contributed by atoms with E-state index in [1.165, 1.54) is 20.9 Å². The van der Waals surface area contributed by atoms with Crippen molar-refractivity contribution in [3.8, 4) is 0 Å². The summed E-state index contributed by atoms with van der Waals surface area (Å²) in [6, 6.07) is 13.3. The van der Waals surface area contributed by atoms with Crippen LogP contribution in [-0.4, -0.2) is 55.5 Å². The second-order valence-corrected chi connectivity index (χ2v) is 8.83. The van der Waals surface area contributed by atoms with Crippen molar-refractivity contribution < 1.29 is 0 Å². The third-order valence-corrected chi connectivity index (χ3v) is 6.02. The molecule has 0 saturated carbocycles. The lowest BCUT2D eigenvalue weighted by Crippen LogP contribution is -2.43. The highest BCUT2D eigenvalue weighted by Gasteiger charge is 2.13. The minimum absolute atomic E-state index is 0. The van der Waals surface area contributed by atoms with E-state index in [-0.39, 0.29) is 24.0 Å². The van der Waals surface area contributed by atoms with Gasteiger partial charge in [-0.2, -0.15) is 0 Å². The third-order valence-electron chi connectivity index (χ3n) is 5.02. The number of thiophene rings is 1. The molecule has 1 aromatic carbocycles. The Kier molecular flexibility index (Phi) is 10.4. The van der Waals surface area contributed by atoms with Crippen LogP contribution in [0.5, 0.6) is 0 Å². The van der Waals surface area contributed by atoms with Crippen LogP contribution in [0.4, 0.5) is 0 Å². The minimum atomic E-state index is 0. The van der Waals surface area contributed by atoms with Crippen molar-refractivity contribution >= 4 is 41.3 Å². The molecule has 1 aliphatic heterocycles. The highest BCUT2D eigenvalue weighted by atomic mass is 127. The molecule has 2 aromatic rings. The van der Waals surface area contributed by atoms with Gasteiger partial charge in [0.1, 0.15) is 0 Å². The van der Waals surface area contributed by atoms with Crippen LogP contribution >= 0.6 is 35.3 Å². The molecule has 5 nitrogen and oxygen atoms in total. The fraction of sp³-hybridized carbons (Fsp3) is 0.500. The van der Waals surface area contributed by atoms with Crippen LogP contribution in [0.1, 0.15) is 27.8 Å². The Balaban J connectivity index is 0.00000300. The zero-order valence-electron chi connectivity index (χ0n) is 17.8. The maximum atomic E-state index is 4.74.